The van der Waals surface area contributed by atoms with E-state index in [2.05, 4.69) is 44.4 Å². The molecule has 0 aliphatic heterocycles. The van der Waals surface area contributed by atoms with Crippen molar-refractivity contribution < 1.29 is 33.3 Å². The van der Waals surface area contributed by atoms with Gasteiger partial charge in [-0.25, -0.2) is 4.79 Å². The first-order valence-corrected chi connectivity index (χ1v) is 17.9. The number of carbonyl (C=O) groups is 3. The lowest BCUT2D eigenvalue weighted by Crippen LogP contribution is -2.38. The lowest BCUT2D eigenvalue weighted by molar-refractivity contribution is -0.145. The first-order valence-electron chi connectivity index (χ1n) is 17.9. The van der Waals surface area contributed by atoms with Crippen molar-refractivity contribution in [1.82, 2.24) is 9.80 Å². The highest BCUT2D eigenvalue weighted by Gasteiger charge is 2.18. The molecule has 0 amide bonds. The van der Waals surface area contributed by atoms with Gasteiger partial charge in [-0.05, 0) is 57.5 Å². The van der Waals surface area contributed by atoms with Crippen LogP contribution in [0.4, 0.5) is 4.79 Å². The van der Waals surface area contributed by atoms with E-state index in [9.17, 15) is 14.4 Å². The second kappa shape index (κ2) is 31.1. The normalized spacial score (nSPS) is 12.7. The average Bonchev–Trinajstić information content (AvgIpc) is 3.02. The third-order valence-corrected chi connectivity index (χ3v) is 8.31. The number of ether oxygens (including phenoxy) is 4. The first kappa shape index (κ1) is 42.1. The Morgan fingerprint density at radius 2 is 1.23 bits per heavy atom. The van der Waals surface area contributed by atoms with Crippen molar-refractivity contribution in [2.75, 3.05) is 59.1 Å². The van der Waals surface area contributed by atoms with Gasteiger partial charge in [0.2, 0.25) is 0 Å². The van der Waals surface area contributed by atoms with E-state index in [-0.39, 0.29) is 18.7 Å². The van der Waals surface area contributed by atoms with Crippen molar-refractivity contribution in [3.8, 4) is 0 Å². The Hall–Kier alpha value is -1.87. The lowest BCUT2D eigenvalue weighted by atomic mass is 9.96. The van der Waals surface area contributed by atoms with Gasteiger partial charge in [0, 0.05) is 32.6 Å². The summed E-state index contributed by atoms with van der Waals surface area (Å²) >= 11 is 0. The predicted octanol–water partition coefficient (Wildman–Crippen LogP) is 7.79. The van der Waals surface area contributed by atoms with Crippen LogP contribution in [0.15, 0.2) is 0 Å². The second-order valence-electron chi connectivity index (χ2n) is 12.0. The van der Waals surface area contributed by atoms with Crippen molar-refractivity contribution in [2.24, 2.45) is 5.92 Å². The van der Waals surface area contributed by atoms with Crippen LogP contribution in [-0.2, 0) is 28.5 Å². The van der Waals surface area contributed by atoms with Gasteiger partial charge in [0.1, 0.15) is 19.3 Å². The minimum Gasteiger partial charge on any atom is -0.467 e. The fourth-order valence-electron chi connectivity index (χ4n) is 5.30. The van der Waals surface area contributed by atoms with Crippen LogP contribution in [0.3, 0.4) is 0 Å². The van der Waals surface area contributed by atoms with Crippen LogP contribution in [0, 0.1) is 5.92 Å². The molecule has 0 aliphatic carbocycles. The van der Waals surface area contributed by atoms with Crippen molar-refractivity contribution >= 4 is 18.6 Å². The third-order valence-electron chi connectivity index (χ3n) is 8.31. The Bertz CT molecular complexity index is 675. The van der Waals surface area contributed by atoms with Crippen molar-refractivity contribution in [3.63, 3.8) is 0 Å². The highest BCUT2D eigenvalue weighted by atomic mass is 16.7. The van der Waals surface area contributed by atoms with Crippen LogP contribution in [0.2, 0.25) is 0 Å². The molecule has 0 spiro atoms. The summed E-state index contributed by atoms with van der Waals surface area (Å²) in [6.07, 6.45) is 15.3. The number of hydrogen-bond donors (Lipinski definition) is 0. The molecule has 0 heterocycles. The highest BCUT2D eigenvalue weighted by molar-refractivity contribution is 5.69. The molecule has 0 N–H and O–H groups in total. The van der Waals surface area contributed by atoms with Gasteiger partial charge in [-0.2, -0.15) is 0 Å². The van der Waals surface area contributed by atoms with Gasteiger partial charge in [0.15, 0.2) is 0 Å². The summed E-state index contributed by atoms with van der Waals surface area (Å²) in [5, 5.41) is 0. The number of nitrogens with zero attached hydrogens (tertiary/aromatic N) is 2. The molecule has 0 radical (unpaired) electrons. The van der Waals surface area contributed by atoms with Crippen molar-refractivity contribution in [1.29, 1.82) is 0 Å². The molecule has 0 saturated carbocycles. The number of carbonyl (C=O) groups excluding carboxylic acids is 3. The molecular formula is C35H68N2O7. The van der Waals surface area contributed by atoms with Crippen molar-refractivity contribution in [3.05, 3.63) is 0 Å². The third kappa shape index (κ3) is 25.5. The minimum atomic E-state index is -0.664. The smallest absolute Gasteiger partial charge is 0.467 e. The molecule has 0 bridgehead atoms. The quantitative estimate of drug-likeness (QED) is 0.0320. The maximum absolute atomic E-state index is 12.6. The van der Waals surface area contributed by atoms with Crippen LogP contribution in [0.1, 0.15) is 137 Å². The SMILES string of the molecule is CCCCCCC(CCCC)COC(=O)CCCC(CCCCCC)OC(=O)OCCN(CCOC=O)CCN(CC)CC. The Balaban J connectivity index is 4.71. The molecule has 44 heavy (non-hydrogen) atoms. The zero-order valence-corrected chi connectivity index (χ0v) is 29.2. The molecule has 0 aliphatic rings. The number of rotatable bonds is 32. The summed E-state index contributed by atoms with van der Waals surface area (Å²) in [5.41, 5.74) is 0. The van der Waals surface area contributed by atoms with E-state index in [1.807, 2.05) is 0 Å². The van der Waals surface area contributed by atoms with Gasteiger partial charge < -0.3 is 23.8 Å². The fraction of sp³-hybridized carbons (Fsp3) is 0.914. The molecule has 2 atom stereocenters. The summed E-state index contributed by atoms with van der Waals surface area (Å²) in [6, 6.07) is 0. The fourth-order valence-corrected chi connectivity index (χ4v) is 5.30. The Morgan fingerprint density at radius 3 is 1.86 bits per heavy atom. The van der Waals surface area contributed by atoms with Crippen LogP contribution in [-0.4, -0.2) is 93.6 Å². The Labute approximate surface area is 270 Å². The largest absolute Gasteiger partial charge is 0.508 e. The Kier molecular flexibility index (Phi) is 29.8. The van der Waals surface area contributed by atoms with Gasteiger partial charge >= 0.3 is 12.1 Å². The second-order valence-corrected chi connectivity index (χ2v) is 12.0. The molecule has 0 aromatic rings. The molecule has 2 unspecified atom stereocenters. The van der Waals surface area contributed by atoms with E-state index >= 15 is 0 Å². The zero-order valence-electron chi connectivity index (χ0n) is 29.2. The van der Waals surface area contributed by atoms with Crippen molar-refractivity contribution in [2.45, 2.75) is 143 Å². The number of esters is 1. The van der Waals surface area contributed by atoms with Crippen LogP contribution in [0.25, 0.3) is 0 Å². The molecule has 0 rings (SSSR count). The standard InChI is InChI=1S/C35H68N2O7/c1-6-11-14-16-20-32(19-13-8-3)30-43-34(39)23-18-22-33(21-17-15-12-7-2)44-35(40)42-29-27-37(26-28-41-31-38)25-24-36(9-4)10-5/h31-33H,6-30H2,1-5H3. The van der Waals surface area contributed by atoms with Gasteiger partial charge in [-0.3, -0.25) is 14.5 Å². The highest BCUT2D eigenvalue weighted by Crippen LogP contribution is 2.19. The van der Waals surface area contributed by atoms with E-state index in [0.29, 0.717) is 58.0 Å². The van der Waals surface area contributed by atoms with E-state index in [0.717, 1.165) is 77.5 Å². The summed E-state index contributed by atoms with van der Waals surface area (Å²) in [7, 11) is 0. The average molecular weight is 629 g/mol. The molecule has 0 aromatic heterocycles. The maximum Gasteiger partial charge on any atom is 0.508 e. The van der Waals surface area contributed by atoms with E-state index in [1.165, 1.54) is 32.1 Å². The topological polar surface area (TPSA) is 94.6 Å². The predicted molar refractivity (Wildman–Crippen MR) is 178 cm³/mol. The van der Waals surface area contributed by atoms with E-state index in [4.69, 9.17) is 18.9 Å². The molecule has 0 fully saturated rings. The summed E-state index contributed by atoms with van der Waals surface area (Å²) in [4.78, 5) is 40.1. The number of hydrogen-bond acceptors (Lipinski definition) is 9. The number of likely N-dealkylation sites (N-methyl/N-ethyl adjacent to an activating group) is 1. The van der Waals surface area contributed by atoms with Gasteiger partial charge in [0.25, 0.3) is 6.47 Å². The summed E-state index contributed by atoms with van der Waals surface area (Å²) < 4.78 is 21.7. The summed E-state index contributed by atoms with van der Waals surface area (Å²) in [6.45, 7) is 17.0. The van der Waals surface area contributed by atoms with E-state index in [1.54, 1.807) is 0 Å². The zero-order chi connectivity index (χ0) is 32.7. The molecule has 0 saturated heterocycles. The monoisotopic (exact) mass is 629 g/mol. The lowest BCUT2D eigenvalue weighted by Gasteiger charge is -2.26. The number of unbranched alkanes of at least 4 members (excludes halogenated alkanes) is 7. The first-order chi connectivity index (χ1) is 21.4. The molecule has 260 valence electrons. The molecule has 9 nitrogen and oxygen atoms in total. The Morgan fingerprint density at radius 1 is 0.636 bits per heavy atom. The molecule has 0 aromatic carbocycles. The summed E-state index contributed by atoms with van der Waals surface area (Å²) in [5.74, 6) is 0.293. The maximum atomic E-state index is 12.6. The van der Waals surface area contributed by atoms with Crippen LogP contribution in [0.5, 0.6) is 0 Å². The van der Waals surface area contributed by atoms with Crippen LogP contribution >= 0.6 is 0 Å². The van der Waals surface area contributed by atoms with Crippen LogP contribution < -0.4 is 0 Å². The van der Waals surface area contributed by atoms with Gasteiger partial charge in [-0.1, -0.05) is 92.4 Å². The molecule has 9 heteroatoms. The van der Waals surface area contributed by atoms with E-state index < -0.39 is 6.16 Å². The molecular weight excluding hydrogens is 560 g/mol. The van der Waals surface area contributed by atoms with Gasteiger partial charge in [-0.15, -0.1) is 0 Å². The van der Waals surface area contributed by atoms with Gasteiger partial charge in [0.05, 0.1) is 6.61 Å². The minimum absolute atomic E-state index is 0.157.